The van der Waals surface area contributed by atoms with E-state index in [1.807, 2.05) is 63.4 Å². The van der Waals surface area contributed by atoms with Gasteiger partial charge in [0.05, 0.1) is 69.9 Å². The lowest BCUT2D eigenvalue weighted by atomic mass is 9.75. The van der Waals surface area contributed by atoms with Crippen LogP contribution in [-0.4, -0.2) is 220 Å². The van der Waals surface area contributed by atoms with E-state index in [4.69, 9.17) is 82.6 Å². The number of anilines is 6. The zero-order chi connectivity index (χ0) is 71.7. The lowest BCUT2D eigenvalue weighted by Gasteiger charge is -2.45. The molecule has 6 aliphatic heterocycles. The number of imidazole rings is 2. The van der Waals surface area contributed by atoms with E-state index < -0.39 is 70.3 Å². The molecule has 1 amide bonds. The molecule has 0 saturated carbocycles. The number of nitrogen functional groups attached to an aromatic ring is 5. The van der Waals surface area contributed by atoms with Crippen LogP contribution in [0.5, 0.6) is 0 Å². The number of aryl methyl sites for hydroxylation is 1. The quantitative estimate of drug-likeness (QED) is 0.0571. The van der Waals surface area contributed by atoms with Crippen LogP contribution in [0.1, 0.15) is 83.2 Å². The predicted octanol–water partition coefficient (Wildman–Crippen LogP) is -1.11. The Bertz CT molecular complexity index is 4190. The molecule has 13 atom stereocenters. The van der Waals surface area contributed by atoms with Crippen molar-refractivity contribution in [1.82, 2.24) is 72.6 Å². The summed E-state index contributed by atoms with van der Waals surface area (Å²) in [5.41, 5.74) is 25.4. The van der Waals surface area contributed by atoms with E-state index in [0.717, 1.165) is 58.2 Å². The van der Waals surface area contributed by atoms with Crippen LogP contribution >= 0.6 is 35.3 Å². The Hall–Kier alpha value is -8.08. The average molecular weight is 1440 g/mol. The number of halogens is 1. The highest BCUT2D eigenvalue weighted by Crippen LogP contribution is 2.38. The molecule has 538 valence electrons. The minimum Gasteiger partial charge on any atom is -0.394 e. The van der Waals surface area contributed by atoms with E-state index in [9.17, 15) is 33.5 Å². The summed E-state index contributed by atoms with van der Waals surface area (Å²) in [6.45, 7) is 7.53. The van der Waals surface area contributed by atoms with Crippen molar-refractivity contribution in [2.24, 2.45) is 5.41 Å². The molecule has 99 heavy (non-hydrogen) atoms. The normalized spacial score (nSPS) is 26.8. The van der Waals surface area contributed by atoms with Gasteiger partial charge >= 0.3 is 17.1 Å². The number of amides is 1. The number of ketones is 1. The SMILES string of the molecule is CC1N(C2CCC(CO)O2)C(=O)CC(=O)C1(C)C.Cc1nc(N(C)C)c2ncn(C3C=CC(O)C3)c2n1.Nc1ccn(C2CSC(CO)O2)c(=O)n1.Nc1ccn(C2CSC(O)O2)c(=O)n1.Nc1nc(=O)n(C2CSC(O)O2)cc1F.Nc1nc(N)c2ncn(C3COC(CO)O3)c2n1. The average Bonchev–Trinajstić information content (AvgIpc) is 1.77. The molecule has 14 rings (SSSR count). The van der Waals surface area contributed by atoms with Gasteiger partial charge in [0.2, 0.25) is 23.1 Å². The van der Waals surface area contributed by atoms with Crippen LogP contribution in [0.15, 0.2) is 69.9 Å². The minimum absolute atomic E-state index is 0.00652. The molecule has 38 nitrogen and oxygen atoms in total. The number of Topliss-reactive ketones (excluding diaryl/α,β-unsaturated/α-hetero) is 1. The van der Waals surface area contributed by atoms with Gasteiger partial charge in [0.25, 0.3) is 0 Å². The highest BCUT2D eigenvalue weighted by molar-refractivity contribution is 8.00. The van der Waals surface area contributed by atoms with E-state index in [-0.39, 0.29) is 104 Å². The highest BCUT2D eigenvalue weighted by Gasteiger charge is 2.49. The van der Waals surface area contributed by atoms with Gasteiger partial charge in [0, 0.05) is 61.6 Å². The summed E-state index contributed by atoms with van der Waals surface area (Å²) in [5.74, 6) is 2.31. The Morgan fingerprint density at radius 2 is 1.24 bits per heavy atom. The third-order valence-electron chi connectivity index (χ3n) is 16.1. The zero-order valence-corrected chi connectivity index (χ0v) is 56.7. The first-order valence-electron chi connectivity index (χ1n) is 30.6. The van der Waals surface area contributed by atoms with E-state index in [1.165, 1.54) is 51.2 Å². The first-order valence-corrected chi connectivity index (χ1v) is 33.7. The van der Waals surface area contributed by atoms with Gasteiger partial charge in [-0.1, -0.05) is 49.5 Å². The Labute approximate surface area is 574 Å². The van der Waals surface area contributed by atoms with E-state index >= 15 is 0 Å². The zero-order valence-electron chi connectivity index (χ0n) is 54.3. The second-order valence-corrected chi connectivity index (χ2v) is 26.7. The molecule has 7 aromatic rings. The molecule has 6 fully saturated rings. The van der Waals surface area contributed by atoms with Crippen LogP contribution in [0.4, 0.5) is 39.4 Å². The fourth-order valence-corrected chi connectivity index (χ4v) is 13.1. The number of hydrogen-bond acceptors (Lipinski definition) is 35. The predicted molar refractivity (Wildman–Crippen MR) is 358 cm³/mol. The van der Waals surface area contributed by atoms with Crippen LogP contribution < -0.4 is 50.6 Å². The second kappa shape index (κ2) is 32.9. The summed E-state index contributed by atoms with van der Waals surface area (Å²) in [7, 11) is 3.89. The van der Waals surface area contributed by atoms with Gasteiger partial charge in [-0.2, -0.15) is 24.9 Å². The molecular formula is C57H78FN21O17S3. The van der Waals surface area contributed by atoms with Gasteiger partial charge < -0.3 is 102 Å². The number of nitrogens with zero attached hydrogens (tertiary/aromatic N) is 16. The third-order valence-corrected chi connectivity index (χ3v) is 19.0. The van der Waals surface area contributed by atoms with Crippen molar-refractivity contribution in [3.63, 3.8) is 0 Å². The highest BCUT2D eigenvalue weighted by atomic mass is 32.2. The Morgan fingerprint density at radius 1 is 0.646 bits per heavy atom. The minimum atomic E-state index is -0.998. The number of fused-ring (bicyclic) bond motifs is 2. The number of allylic oxidation sites excluding steroid dienone is 1. The van der Waals surface area contributed by atoms with Crippen molar-refractivity contribution in [2.45, 2.75) is 132 Å². The third kappa shape index (κ3) is 18.1. The van der Waals surface area contributed by atoms with Crippen LogP contribution in [0.3, 0.4) is 0 Å². The molecule has 1 aliphatic carbocycles. The number of rotatable bonds is 10. The van der Waals surface area contributed by atoms with Gasteiger partial charge in [-0.3, -0.25) is 27.9 Å². The largest absolute Gasteiger partial charge is 0.394 e. The van der Waals surface area contributed by atoms with Crippen molar-refractivity contribution in [1.29, 1.82) is 0 Å². The fourth-order valence-electron chi connectivity index (χ4n) is 10.7. The standard InChI is InChI=1S/C13H17N5O.C13H21NO4.C9H12N6O3.C8H11N3O3S.C7H8FN3O3S.C7H9N3O3S/c1-8-15-12(17(2)3)11-13(16-8)18(7-14-11)9-4-5-10(19)6-9;1-8-13(2,3)10(16)6-11(17)14(8)12-5-4-9(7-15)18-12;10-7-6-8(14-9(11)13-7)15(3-12-6)4-2-17-5(1-16)18-4;9-5-1-2-11(8(13)10-5)6-4-15-7(3-12)14-6;8-3-1-11(6(12)10-5(3)9)4-2-15-7(13)14-4;8-4-1-2-10(6(11)9-4)5-3-14-7(12)13-5/h4-5,7,9-10,19H,6H2,1-3H3;8-9,12,15H,4-7H2,1-3H3;3-5,16H,1-2H2,(H4,10,11,13,14);1-2,6-7,12H,3-4H2,(H2,9,10,13);1,4,7,13H,2H2,(H2,9,10,12);1-2,5,7,12H,3H2,(H2,8,9,11). The molecule has 7 aliphatic rings. The molecular weight excluding hydrogens is 1370 g/mol. The molecule has 42 heteroatoms. The van der Waals surface area contributed by atoms with E-state index in [0.29, 0.717) is 41.5 Å². The van der Waals surface area contributed by atoms with Gasteiger partial charge in [-0.25, -0.2) is 38.7 Å². The monoisotopic (exact) mass is 1440 g/mol. The molecule has 13 heterocycles. The van der Waals surface area contributed by atoms with Gasteiger partial charge in [0.1, 0.15) is 46.7 Å². The van der Waals surface area contributed by atoms with Crippen LogP contribution in [0, 0.1) is 18.2 Å². The summed E-state index contributed by atoms with van der Waals surface area (Å²) in [5, 5.41) is 54.6. The van der Waals surface area contributed by atoms with Crippen molar-refractivity contribution in [2.75, 3.05) is 91.3 Å². The van der Waals surface area contributed by atoms with Crippen molar-refractivity contribution < 1.29 is 73.0 Å². The number of carbonyl (C=O) groups excluding carboxylic acids is 2. The number of aromatic nitrogens is 14. The molecule has 7 aromatic heterocycles. The van der Waals surface area contributed by atoms with E-state index in [2.05, 4.69) is 44.9 Å². The first kappa shape index (κ1) is 75.1. The lowest BCUT2D eigenvalue weighted by molar-refractivity contribution is -0.168. The number of aliphatic hydroxyl groups is 6. The maximum atomic E-state index is 13.0. The summed E-state index contributed by atoms with van der Waals surface area (Å²) >= 11 is 3.81. The maximum Gasteiger partial charge on any atom is 0.351 e. The molecule has 0 radical (unpaired) electrons. The number of aliphatic hydroxyl groups excluding tert-OH is 6. The smallest absolute Gasteiger partial charge is 0.351 e. The molecule has 0 aromatic carbocycles. The summed E-state index contributed by atoms with van der Waals surface area (Å²) in [4.78, 5) is 97.5. The second-order valence-electron chi connectivity index (χ2n) is 23.4. The van der Waals surface area contributed by atoms with Crippen molar-refractivity contribution in [3.05, 3.63) is 98.6 Å². The molecule has 6 saturated heterocycles. The number of likely N-dealkylation sites (tertiary alicyclic amines) is 1. The van der Waals surface area contributed by atoms with Crippen molar-refractivity contribution in [3.8, 4) is 0 Å². The number of nitrogens with two attached hydrogens (primary N) is 5. The summed E-state index contributed by atoms with van der Waals surface area (Å²) < 4.78 is 52.1. The summed E-state index contributed by atoms with van der Waals surface area (Å²) in [6.07, 6.45) is 9.78. The van der Waals surface area contributed by atoms with E-state index in [1.54, 1.807) is 28.1 Å². The van der Waals surface area contributed by atoms with Gasteiger partial charge in [-0.05, 0) is 38.8 Å². The molecule has 13 unspecified atom stereocenters. The molecule has 0 spiro atoms. The van der Waals surface area contributed by atoms with Gasteiger partial charge in [-0.15, -0.1) is 11.8 Å². The number of carbonyl (C=O) groups is 2. The number of piperidine rings is 1. The molecule has 16 N–H and O–H groups in total. The van der Waals surface area contributed by atoms with Crippen molar-refractivity contribution >= 4 is 104 Å². The number of hydrogen-bond donors (Lipinski definition) is 11. The molecule has 0 bridgehead atoms. The Kier molecular flexibility index (Phi) is 25.0. The Balaban J connectivity index is 0.000000139. The van der Waals surface area contributed by atoms with Gasteiger partial charge in [0.15, 0.2) is 65.1 Å². The topological polar surface area (TPSA) is 539 Å². The lowest BCUT2D eigenvalue weighted by Crippen LogP contribution is -2.59. The number of ether oxygens (including phenoxy) is 6. The number of thioether (sulfide) groups is 3. The maximum absolute atomic E-state index is 13.0. The Morgan fingerprint density at radius 3 is 1.79 bits per heavy atom. The first-order chi connectivity index (χ1) is 47.1. The van der Waals surface area contributed by atoms with Crippen LogP contribution in [0.2, 0.25) is 0 Å². The fraction of sp³-hybridized carbons (Fsp3) is 0.544. The van der Waals surface area contributed by atoms with Crippen LogP contribution in [0.25, 0.3) is 22.3 Å². The van der Waals surface area contributed by atoms with Crippen LogP contribution in [-0.2, 0) is 38.0 Å². The summed E-state index contributed by atoms with van der Waals surface area (Å²) in [6, 6.07) is 3.00.